The molecule has 1 saturated heterocycles. The van der Waals surface area contributed by atoms with Crippen molar-refractivity contribution in [2.24, 2.45) is 5.92 Å². The van der Waals surface area contributed by atoms with Gasteiger partial charge in [0.05, 0.1) is 16.3 Å². The smallest absolute Gasteiger partial charge is 0.186 e. The molecule has 1 atom stereocenters. The Balaban J connectivity index is 1.92. The van der Waals surface area contributed by atoms with Gasteiger partial charge in [-0.2, -0.15) is 0 Å². The van der Waals surface area contributed by atoms with E-state index in [-0.39, 0.29) is 0 Å². The zero-order valence-corrected chi connectivity index (χ0v) is 13.6. The van der Waals surface area contributed by atoms with E-state index in [2.05, 4.69) is 23.7 Å². The first-order valence-corrected chi connectivity index (χ1v) is 8.83. The minimum atomic E-state index is 0.628. The summed E-state index contributed by atoms with van der Waals surface area (Å²) in [6, 6.07) is 0. The molecule has 1 aliphatic rings. The minimum Gasteiger partial charge on any atom is -0.375 e. The van der Waals surface area contributed by atoms with E-state index in [4.69, 9.17) is 10.7 Å². The second-order valence-corrected chi connectivity index (χ2v) is 7.26. The van der Waals surface area contributed by atoms with Crippen LogP contribution in [-0.4, -0.2) is 23.1 Å². The van der Waals surface area contributed by atoms with Crippen LogP contribution < -0.4 is 10.6 Å². The molecular weight excluding hydrogens is 288 g/mol. The van der Waals surface area contributed by atoms with Crippen LogP contribution in [0.5, 0.6) is 0 Å². The van der Waals surface area contributed by atoms with Crippen molar-refractivity contribution < 1.29 is 0 Å². The molecular formula is C14H20N4S2. The second-order valence-electron chi connectivity index (χ2n) is 5.39. The van der Waals surface area contributed by atoms with Crippen LogP contribution in [0.1, 0.15) is 32.4 Å². The van der Waals surface area contributed by atoms with Gasteiger partial charge in [-0.05, 0) is 25.2 Å². The van der Waals surface area contributed by atoms with Gasteiger partial charge in [-0.3, -0.25) is 0 Å². The fourth-order valence-electron chi connectivity index (χ4n) is 2.67. The summed E-state index contributed by atoms with van der Waals surface area (Å²) >= 11 is 3.26. The maximum Gasteiger partial charge on any atom is 0.186 e. The quantitative estimate of drug-likeness (QED) is 0.940. The summed E-state index contributed by atoms with van der Waals surface area (Å²) in [5, 5.41) is 3.81. The predicted octanol–water partition coefficient (Wildman–Crippen LogP) is 3.65. The molecule has 1 aliphatic heterocycles. The Bertz CT molecular complexity index is 590. The third kappa shape index (κ3) is 2.67. The topological polar surface area (TPSA) is 55.0 Å². The molecule has 0 radical (unpaired) electrons. The number of thiazole rings is 2. The Kier molecular flexibility index (Phi) is 3.94. The molecule has 108 valence electrons. The fraction of sp³-hybridized carbons (Fsp3) is 0.571. The van der Waals surface area contributed by atoms with Gasteiger partial charge in [0, 0.05) is 18.5 Å². The van der Waals surface area contributed by atoms with Gasteiger partial charge in [0.2, 0.25) is 0 Å². The van der Waals surface area contributed by atoms with Crippen molar-refractivity contribution in [1.82, 2.24) is 9.97 Å². The van der Waals surface area contributed by atoms with E-state index in [1.165, 1.54) is 29.1 Å². The highest BCUT2D eigenvalue weighted by Crippen LogP contribution is 2.37. The number of nitrogens with zero attached hydrogens (tertiary/aromatic N) is 3. The summed E-state index contributed by atoms with van der Waals surface area (Å²) in [4.78, 5) is 12.9. The molecule has 1 fully saturated rings. The summed E-state index contributed by atoms with van der Waals surface area (Å²) in [6.45, 7) is 6.72. The van der Waals surface area contributed by atoms with Crippen LogP contribution >= 0.6 is 22.7 Å². The minimum absolute atomic E-state index is 0.628. The lowest BCUT2D eigenvalue weighted by Crippen LogP contribution is -2.34. The first-order chi connectivity index (χ1) is 9.67. The van der Waals surface area contributed by atoms with Crippen molar-refractivity contribution in [1.29, 1.82) is 0 Å². The molecule has 0 saturated carbocycles. The first kappa shape index (κ1) is 13.8. The fourth-order valence-corrected chi connectivity index (χ4v) is 4.45. The Morgan fingerprint density at radius 3 is 2.95 bits per heavy atom. The summed E-state index contributed by atoms with van der Waals surface area (Å²) < 4.78 is 0. The van der Waals surface area contributed by atoms with E-state index in [1.807, 2.05) is 5.38 Å². The second kappa shape index (κ2) is 5.69. The molecule has 0 bridgehead atoms. The maximum absolute atomic E-state index is 5.76. The molecule has 1 unspecified atom stereocenters. The molecule has 2 N–H and O–H groups in total. The summed E-state index contributed by atoms with van der Waals surface area (Å²) in [6.07, 6.45) is 3.53. The normalized spacial score (nSPS) is 19.5. The van der Waals surface area contributed by atoms with E-state index in [0.29, 0.717) is 5.13 Å². The van der Waals surface area contributed by atoms with Crippen molar-refractivity contribution in [2.45, 2.75) is 33.1 Å². The molecule has 0 spiro atoms. The number of nitrogens with two attached hydrogens (primary N) is 1. The SMILES string of the molecule is CCc1nc(N2CCCC(C)C2)sc1-c1csc(N)n1. The van der Waals surface area contributed by atoms with Crippen molar-refractivity contribution in [3.05, 3.63) is 11.1 Å². The van der Waals surface area contributed by atoms with Gasteiger partial charge in [-0.15, -0.1) is 11.3 Å². The third-order valence-electron chi connectivity index (χ3n) is 3.70. The number of piperidine rings is 1. The van der Waals surface area contributed by atoms with Crippen molar-refractivity contribution in [3.63, 3.8) is 0 Å². The van der Waals surface area contributed by atoms with Gasteiger partial charge in [0.25, 0.3) is 0 Å². The lowest BCUT2D eigenvalue weighted by atomic mass is 10.0. The van der Waals surface area contributed by atoms with Crippen LogP contribution in [0, 0.1) is 5.92 Å². The van der Waals surface area contributed by atoms with Crippen LogP contribution in [0.3, 0.4) is 0 Å². The Labute approximate surface area is 127 Å². The Hall–Kier alpha value is -1.14. The van der Waals surface area contributed by atoms with Crippen LogP contribution in [0.2, 0.25) is 0 Å². The standard InChI is InChI=1S/C14H20N4S2/c1-3-10-12(11-8-19-13(15)16-11)20-14(17-10)18-6-4-5-9(2)7-18/h8-9H,3-7H2,1-2H3,(H2,15,16). The molecule has 0 aromatic carbocycles. The van der Waals surface area contributed by atoms with Gasteiger partial charge in [0.15, 0.2) is 10.3 Å². The van der Waals surface area contributed by atoms with Gasteiger partial charge in [0.1, 0.15) is 0 Å². The third-order valence-corrected chi connectivity index (χ3v) is 5.56. The van der Waals surface area contributed by atoms with E-state index in [9.17, 15) is 0 Å². The summed E-state index contributed by atoms with van der Waals surface area (Å²) in [7, 11) is 0. The molecule has 2 aromatic rings. The largest absolute Gasteiger partial charge is 0.375 e. The lowest BCUT2D eigenvalue weighted by molar-refractivity contribution is 0.446. The van der Waals surface area contributed by atoms with Gasteiger partial charge >= 0.3 is 0 Å². The molecule has 3 rings (SSSR count). The summed E-state index contributed by atoms with van der Waals surface area (Å²) in [5.74, 6) is 0.760. The van der Waals surface area contributed by atoms with Gasteiger partial charge in [-0.25, -0.2) is 9.97 Å². The molecule has 20 heavy (non-hydrogen) atoms. The van der Waals surface area contributed by atoms with Gasteiger partial charge < -0.3 is 10.6 Å². The molecule has 3 heterocycles. The first-order valence-electron chi connectivity index (χ1n) is 7.13. The van der Waals surface area contributed by atoms with E-state index >= 15 is 0 Å². The highest BCUT2D eigenvalue weighted by atomic mass is 32.1. The van der Waals surface area contributed by atoms with Crippen molar-refractivity contribution in [2.75, 3.05) is 23.7 Å². The van der Waals surface area contributed by atoms with E-state index < -0.39 is 0 Å². The maximum atomic E-state index is 5.76. The molecule has 0 amide bonds. The number of aromatic nitrogens is 2. The van der Waals surface area contributed by atoms with Crippen LogP contribution in [0.15, 0.2) is 5.38 Å². The number of hydrogen-bond acceptors (Lipinski definition) is 6. The zero-order chi connectivity index (χ0) is 14.1. The van der Waals surface area contributed by atoms with E-state index in [0.717, 1.165) is 41.9 Å². The number of nitrogen functional groups attached to an aromatic ring is 1. The molecule has 4 nitrogen and oxygen atoms in total. The van der Waals surface area contributed by atoms with E-state index in [1.54, 1.807) is 11.3 Å². The number of rotatable bonds is 3. The highest BCUT2D eigenvalue weighted by Gasteiger charge is 2.22. The molecule has 0 aliphatic carbocycles. The van der Waals surface area contributed by atoms with Crippen molar-refractivity contribution in [3.8, 4) is 10.6 Å². The molecule has 2 aromatic heterocycles. The van der Waals surface area contributed by atoms with Crippen molar-refractivity contribution >= 4 is 32.9 Å². The zero-order valence-electron chi connectivity index (χ0n) is 11.9. The monoisotopic (exact) mass is 308 g/mol. The van der Waals surface area contributed by atoms with Gasteiger partial charge in [-0.1, -0.05) is 25.2 Å². The molecule has 6 heteroatoms. The Morgan fingerprint density at radius 1 is 1.45 bits per heavy atom. The Morgan fingerprint density at radius 2 is 2.30 bits per heavy atom. The number of hydrogen-bond donors (Lipinski definition) is 1. The highest BCUT2D eigenvalue weighted by molar-refractivity contribution is 7.19. The number of aryl methyl sites for hydroxylation is 1. The number of anilines is 2. The van der Waals surface area contributed by atoms with Crippen LogP contribution in [0.25, 0.3) is 10.6 Å². The average Bonchev–Trinajstić information content (AvgIpc) is 3.04. The summed E-state index contributed by atoms with van der Waals surface area (Å²) in [5.41, 5.74) is 7.89. The van der Waals surface area contributed by atoms with Crippen LogP contribution in [0.4, 0.5) is 10.3 Å². The van der Waals surface area contributed by atoms with Crippen LogP contribution in [-0.2, 0) is 6.42 Å². The average molecular weight is 308 g/mol. The lowest BCUT2D eigenvalue weighted by Gasteiger charge is -2.30. The predicted molar refractivity (Wildman–Crippen MR) is 87.6 cm³/mol.